The van der Waals surface area contributed by atoms with E-state index in [0.29, 0.717) is 6.04 Å². The quantitative estimate of drug-likeness (QED) is 0.707. The van der Waals surface area contributed by atoms with E-state index in [1.54, 1.807) is 16.8 Å². The molecule has 0 aliphatic carbocycles. The number of hydrogen-bond donors (Lipinski definition) is 0. The summed E-state index contributed by atoms with van der Waals surface area (Å²) in [5.41, 5.74) is 4.70. The number of rotatable bonds is 1. The van der Waals surface area contributed by atoms with Gasteiger partial charge in [-0.25, -0.2) is 0 Å². The minimum atomic E-state index is 0.707. The highest BCUT2D eigenvalue weighted by atomic mass is 15.2. The molecule has 0 spiro atoms. The Bertz CT molecular complexity index is 398. The Morgan fingerprint density at radius 1 is 1.19 bits per heavy atom. The van der Waals surface area contributed by atoms with Gasteiger partial charge in [-0.2, -0.15) is 0 Å². The number of nitrogens with zero attached hydrogens (tertiary/aromatic N) is 2. The SMILES string of the molecule is CN(C)C1CCc2cccc3c2N(CC3)C1. The maximum absolute atomic E-state index is 2.60. The van der Waals surface area contributed by atoms with Gasteiger partial charge < -0.3 is 9.80 Å². The Balaban J connectivity index is 1.97. The van der Waals surface area contributed by atoms with Crippen LogP contribution < -0.4 is 4.90 Å². The molecule has 3 rings (SSSR count). The molecule has 2 aliphatic heterocycles. The van der Waals surface area contributed by atoms with Gasteiger partial charge >= 0.3 is 0 Å². The maximum Gasteiger partial charge on any atom is 0.0432 e. The van der Waals surface area contributed by atoms with Crippen molar-refractivity contribution in [1.29, 1.82) is 0 Å². The Kier molecular flexibility index (Phi) is 2.40. The van der Waals surface area contributed by atoms with Crippen molar-refractivity contribution in [3.63, 3.8) is 0 Å². The summed E-state index contributed by atoms with van der Waals surface area (Å²) >= 11 is 0. The van der Waals surface area contributed by atoms with Crippen LogP contribution in [0, 0.1) is 0 Å². The highest BCUT2D eigenvalue weighted by Gasteiger charge is 2.28. The van der Waals surface area contributed by atoms with Crippen molar-refractivity contribution in [1.82, 2.24) is 4.90 Å². The zero-order valence-corrected chi connectivity index (χ0v) is 10.2. The summed E-state index contributed by atoms with van der Waals surface area (Å²) in [6.45, 7) is 2.42. The van der Waals surface area contributed by atoms with E-state index >= 15 is 0 Å². The van der Waals surface area contributed by atoms with Crippen LogP contribution in [-0.4, -0.2) is 38.1 Å². The van der Waals surface area contributed by atoms with Gasteiger partial charge in [0, 0.05) is 24.8 Å². The van der Waals surface area contributed by atoms with Gasteiger partial charge in [0.05, 0.1) is 0 Å². The fraction of sp³-hybridized carbons (Fsp3) is 0.571. The van der Waals surface area contributed by atoms with Crippen LogP contribution in [0.3, 0.4) is 0 Å². The Morgan fingerprint density at radius 3 is 2.69 bits per heavy atom. The second-order valence-corrected chi connectivity index (χ2v) is 5.28. The average Bonchev–Trinajstić information content (AvgIpc) is 2.56. The summed E-state index contributed by atoms with van der Waals surface area (Å²) in [6.07, 6.45) is 3.77. The fourth-order valence-corrected chi connectivity index (χ4v) is 3.09. The second-order valence-electron chi connectivity index (χ2n) is 5.28. The Hall–Kier alpha value is -1.02. The standard InChI is InChI=1S/C14H20N2/c1-15(2)13-7-6-11-4-3-5-12-8-9-16(10-13)14(11)12/h3-5,13H,6-10H2,1-2H3. The van der Waals surface area contributed by atoms with Gasteiger partial charge in [0.15, 0.2) is 0 Å². The molecule has 2 nitrogen and oxygen atoms in total. The van der Waals surface area contributed by atoms with Gasteiger partial charge in [-0.3, -0.25) is 0 Å². The Labute approximate surface area is 97.9 Å². The molecule has 1 aromatic rings. The average molecular weight is 216 g/mol. The minimum absolute atomic E-state index is 0.707. The van der Waals surface area contributed by atoms with Gasteiger partial charge in [0.2, 0.25) is 0 Å². The molecule has 0 amide bonds. The molecule has 86 valence electrons. The topological polar surface area (TPSA) is 6.48 Å². The van der Waals surface area contributed by atoms with E-state index in [9.17, 15) is 0 Å². The van der Waals surface area contributed by atoms with E-state index in [1.165, 1.54) is 32.4 Å². The summed E-state index contributed by atoms with van der Waals surface area (Å²) in [4.78, 5) is 4.98. The van der Waals surface area contributed by atoms with E-state index in [1.807, 2.05) is 0 Å². The number of likely N-dealkylation sites (N-methyl/N-ethyl adjacent to an activating group) is 1. The van der Waals surface area contributed by atoms with Crippen molar-refractivity contribution in [3.8, 4) is 0 Å². The molecular weight excluding hydrogens is 196 g/mol. The molecule has 0 N–H and O–H groups in total. The lowest BCUT2D eigenvalue weighted by molar-refractivity contribution is 0.284. The highest BCUT2D eigenvalue weighted by molar-refractivity contribution is 5.64. The normalized spacial score (nSPS) is 23.4. The lowest BCUT2D eigenvalue weighted by atomic mass is 10.0. The number of hydrogen-bond acceptors (Lipinski definition) is 2. The first-order valence-electron chi connectivity index (χ1n) is 6.28. The first-order chi connectivity index (χ1) is 7.75. The smallest absolute Gasteiger partial charge is 0.0432 e. The zero-order valence-electron chi connectivity index (χ0n) is 10.2. The number of aryl methyl sites for hydroxylation is 1. The molecule has 2 heterocycles. The van der Waals surface area contributed by atoms with Crippen molar-refractivity contribution >= 4 is 5.69 Å². The predicted octanol–water partition coefficient (Wildman–Crippen LogP) is 1.93. The second kappa shape index (κ2) is 3.77. The van der Waals surface area contributed by atoms with E-state index < -0.39 is 0 Å². The van der Waals surface area contributed by atoms with Crippen molar-refractivity contribution in [2.24, 2.45) is 0 Å². The van der Waals surface area contributed by atoms with Crippen LogP contribution in [0.15, 0.2) is 18.2 Å². The van der Waals surface area contributed by atoms with Crippen LogP contribution in [-0.2, 0) is 12.8 Å². The highest BCUT2D eigenvalue weighted by Crippen LogP contribution is 2.35. The van der Waals surface area contributed by atoms with Crippen LogP contribution in [0.1, 0.15) is 17.5 Å². The van der Waals surface area contributed by atoms with E-state index in [4.69, 9.17) is 0 Å². The van der Waals surface area contributed by atoms with E-state index in [-0.39, 0.29) is 0 Å². The molecule has 0 radical (unpaired) electrons. The molecule has 0 saturated carbocycles. The summed E-state index contributed by atoms with van der Waals surface area (Å²) in [5.74, 6) is 0. The number of benzene rings is 1. The van der Waals surface area contributed by atoms with Crippen molar-refractivity contribution in [3.05, 3.63) is 29.3 Å². The van der Waals surface area contributed by atoms with Gasteiger partial charge in [0.25, 0.3) is 0 Å². The van der Waals surface area contributed by atoms with Crippen molar-refractivity contribution < 1.29 is 0 Å². The van der Waals surface area contributed by atoms with Gasteiger partial charge in [-0.05, 0) is 44.5 Å². The molecule has 16 heavy (non-hydrogen) atoms. The third-order valence-electron chi connectivity index (χ3n) is 4.08. The fourth-order valence-electron chi connectivity index (χ4n) is 3.09. The molecule has 0 fully saturated rings. The summed E-state index contributed by atoms with van der Waals surface area (Å²) in [7, 11) is 4.41. The molecule has 1 unspecified atom stereocenters. The molecule has 1 atom stereocenters. The maximum atomic E-state index is 2.60. The predicted molar refractivity (Wildman–Crippen MR) is 68.2 cm³/mol. The third-order valence-corrected chi connectivity index (χ3v) is 4.08. The third kappa shape index (κ3) is 1.52. The van der Waals surface area contributed by atoms with Crippen molar-refractivity contribution in [2.45, 2.75) is 25.3 Å². The van der Waals surface area contributed by atoms with Crippen LogP contribution in [0.4, 0.5) is 5.69 Å². The van der Waals surface area contributed by atoms with E-state index in [0.717, 1.165) is 0 Å². The van der Waals surface area contributed by atoms with Crippen LogP contribution >= 0.6 is 0 Å². The molecule has 2 heteroatoms. The van der Waals surface area contributed by atoms with Crippen LogP contribution in [0.25, 0.3) is 0 Å². The molecule has 1 aromatic carbocycles. The molecule has 0 saturated heterocycles. The Morgan fingerprint density at radius 2 is 1.94 bits per heavy atom. The summed E-state index contributed by atoms with van der Waals surface area (Å²) < 4.78 is 0. The first-order valence-corrected chi connectivity index (χ1v) is 6.28. The minimum Gasteiger partial charge on any atom is -0.369 e. The summed E-state index contributed by atoms with van der Waals surface area (Å²) in [5, 5.41) is 0. The lowest BCUT2D eigenvalue weighted by Gasteiger charge is -2.28. The van der Waals surface area contributed by atoms with Crippen molar-refractivity contribution in [2.75, 3.05) is 32.1 Å². The first kappa shape index (κ1) is 10.2. The van der Waals surface area contributed by atoms with Crippen LogP contribution in [0.2, 0.25) is 0 Å². The number of anilines is 1. The number of para-hydroxylation sites is 1. The lowest BCUT2D eigenvalue weighted by Crippen LogP contribution is -2.38. The monoisotopic (exact) mass is 216 g/mol. The molecule has 2 aliphatic rings. The molecule has 0 bridgehead atoms. The largest absolute Gasteiger partial charge is 0.369 e. The summed E-state index contributed by atoms with van der Waals surface area (Å²) in [6, 6.07) is 7.55. The molecule has 0 aromatic heterocycles. The molecular formula is C14H20N2. The van der Waals surface area contributed by atoms with Gasteiger partial charge in [0.1, 0.15) is 0 Å². The van der Waals surface area contributed by atoms with E-state index in [2.05, 4.69) is 42.1 Å². The van der Waals surface area contributed by atoms with Crippen LogP contribution in [0.5, 0.6) is 0 Å². The van der Waals surface area contributed by atoms with Gasteiger partial charge in [-0.15, -0.1) is 0 Å². The van der Waals surface area contributed by atoms with Gasteiger partial charge in [-0.1, -0.05) is 18.2 Å². The zero-order chi connectivity index (χ0) is 11.1.